The first kappa shape index (κ1) is 19.8. The van der Waals surface area contributed by atoms with Gasteiger partial charge in [0.15, 0.2) is 6.61 Å². The number of benzene rings is 2. The first-order chi connectivity index (χ1) is 14.7. The maximum absolute atomic E-state index is 5.72. The smallest absolute Gasteiger partial charge is 0.277 e. The van der Waals surface area contributed by atoms with E-state index in [1.54, 1.807) is 26.4 Å². The van der Waals surface area contributed by atoms with E-state index in [9.17, 15) is 0 Å². The van der Waals surface area contributed by atoms with Crippen LogP contribution in [0.2, 0.25) is 0 Å². The number of nitrogens with zero attached hydrogens (tertiary/aromatic N) is 4. The van der Waals surface area contributed by atoms with E-state index in [0.29, 0.717) is 40.1 Å². The molecular formula is C20H18N4O5S. The summed E-state index contributed by atoms with van der Waals surface area (Å²) in [5.74, 6) is 3.69. The average Bonchev–Trinajstić information content (AvgIpc) is 3.46. The number of thioether (sulfide) groups is 1. The minimum absolute atomic E-state index is 0.165. The Kier molecular flexibility index (Phi) is 6.14. The van der Waals surface area contributed by atoms with Crippen molar-refractivity contribution in [2.24, 2.45) is 0 Å². The van der Waals surface area contributed by atoms with Crippen molar-refractivity contribution < 1.29 is 23.0 Å². The molecule has 0 bridgehead atoms. The molecule has 10 heteroatoms. The Labute approximate surface area is 176 Å². The highest BCUT2D eigenvalue weighted by Gasteiger charge is 2.15. The normalized spacial score (nSPS) is 10.7. The van der Waals surface area contributed by atoms with Gasteiger partial charge >= 0.3 is 0 Å². The summed E-state index contributed by atoms with van der Waals surface area (Å²) in [6.07, 6.45) is 0. The van der Waals surface area contributed by atoms with E-state index in [-0.39, 0.29) is 6.61 Å². The Morgan fingerprint density at radius 3 is 2.37 bits per heavy atom. The summed E-state index contributed by atoms with van der Waals surface area (Å²) >= 11 is 1.30. The fourth-order valence-corrected chi connectivity index (χ4v) is 3.15. The van der Waals surface area contributed by atoms with Crippen LogP contribution in [0.5, 0.6) is 17.2 Å². The van der Waals surface area contributed by atoms with E-state index in [4.69, 9.17) is 23.0 Å². The molecule has 0 saturated carbocycles. The maximum atomic E-state index is 5.72. The van der Waals surface area contributed by atoms with Crippen molar-refractivity contribution in [3.05, 3.63) is 60.3 Å². The third-order valence-corrected chi connectivity index (χ3v) is 4.80. The molecule has 0 N–H and O–H groups in total. The second-order valence-electron chi connectivity index (χ2n) is 5.92. The van der Waals surface area contributed by atoms with Gasteiger partial charge in [-0.15, -0.1) is 20.4 Å². The number of methoxy groups -OCH3 is 2. The molecule has 0 aliphatic heterocycles. The average molecular weight is 426 g/mol. The van der Waals surface area contributed by atoms with Crippen molar-refractivity contribution in [1.82, 2.24) is 20.4 Å². The van der Waals surface area contributed by atoms with E-state index in [0.717, 1.165) is 11.3 Å². The summed E-state index contributed by atoms with van der Waals surface area (Å²) in [4.78, 5) is 0. The number of hydrogen-bond acceptors (Lipinski definition) is 10. The highest BCUT2D eigenvalue weighted by Crippen LogP contribution is 2.29. The number of rotatable bonds is 9. The van der Waals surface area contributed by atoms with Crippen molar-refractivity contribution in [2.45, 2.75) is 17.6 Å². The van der Waals surface area contributed by atoms with Crippen LogP contribution >= 0.6 is 11.8 Å². The molecule has 2 aromatic heterocycles. The Bertz CT molecular complexity index is 1100. The molecule has 4 rings (SSSR count). The van der Waals surface area contributed by atoms with Gasteiger partial charge in [-0.05, 0) is 36.4 Å². The van der Waals surface area contributed by atoms with Crippen molar-refractivity contribution in [3.8, 4) is 28.7 Å². The maximum Gasteiger partial charge on any atom is 0.277 e. The van der Waals surface area contributed by atoms with Crippen LogP contribution in [0.25, 0.3) is 11.5 Å². The summed E-state index contributed by atoms with van der Waals surface area (Å²) in [5, 5.41) is 16.5. The van der Waals surface area contributed by atoms with Crippen LogP contribution in [0.1, 0.15) is 11.8 Å². The molecule has 30 heavy (non-hydrogen) atoms. The summed E-state index contributed by atoms with van der Waals surface area (Å²) in [6.45, 7) is 0.165. The van der Waals surface area contributed by atoms with Gasteiger partial charge in [0, 0.05) is 0 Å². The third-order valence-electron chi connectivity index (χ3n) is 3.99. The topological polar surface area (TPSA) is 106 Å². The van der Waals surface area contributed by atoms with Crippen LogP contribution < -0.4 is 14.2 Å². The first-order valence-corrected chi connectivity index (χ1v) is 9.91. The molecular weight excluding hydrogens is 408 g/mol. The largest absolute Gasteiger partial charge is 0.497 e. The number of hydrogen-bond donors (Lipinski definition) is 0. The van der Waals surface area contributed by atoms with E-state index in [1.807, 2.05) is 36.4 Å². The Morgan fingerprint density at radius 2 is 1.57 bits per heavy atom. The molecule has 0 spiro atoms. The van der Waals surface area contributed by atoms with Gasteiger partial charge in [0.25, 0.3) is 17.0 Å². The summed E-state index contributed by atoms with van der Waals surface area (Å²) in [5.41, 5.74) is 0.736. The predicted octanol–water partition coefficient (Wildman–Crippen LogP) is 4.01. The molecule has 4 aromatic rings. The molecule has 0 unspecified atom stereocenters. The van der Waals surface area contributed by atoms with E-state index in [1.165, 1.54) is 11.8 Å². The van der Waals surface area contributed by atoms with Gasteiger partial charge in [0.2, 0.25) is 5.89 Å². The van der Waals surface area contributed by atoms with Crippen molar-refractivity contribution >= 4 is 11.8 Å². The monoisotopic (exact) mass is 426 g/mol. The molecule has 0 aliphatic carbocycles. The van der Waals surface area contributed by atoms with Crippen LogP contribution in [0, 0.1) is 0 Å². The Balaban J connectivity index is 1.32. The zero-order valence-corrected chi connectivity index (χ0v) is 17.1. The first-order valence-electron chi connectivity index (χ1n) is 8.93. The molecule has 0 radical (unpaired) electrons. The SMILES string of the molecule is COc1ccc(OCc2nnc(SCc3nnc(-c4ccccc4OC)o3)o2)cc1. The lowest BCUT2D eigenvalue weighted by atomic mass is 10.2. The highest BCUT2D eigenvalue weighted by molar-refractivity contribution is 7.98. The number of para-hydroxylation sites is 1. The van der Waals surface area contributed by atoms with Crippen molar-refractivity contribution in [3.63, 3.8) is 0 Å². The van der Waals surface area contributed by atoms with Crippen LogP contribution in [-0.2, 0) is 12.4 Å². The van der Waals surface area contributed by atoms with Gasteiger partial charge in [-0.2, -0.15) is 0 Å². The second kappa shape index (κ2) is 9.31. The summed E-state index contributed by atoms with van der Waals surface area (Å²) < 4.78 is 27.4. The van der Waals surface area contributed by atoms with Gasteiger partial charge in [0.1, 0.15) is 17.2 Å². The van der Waals surface area contributed by atoms with Crippen LogP contribution in [-0.4, -0.2) is 34.6 Å². The molecule has 0 aliphatic rings. The number of ether oxygens (including phenoxy) is 3. The molecule has 0 atom stereocenters. The highest BCUT2D eigenvalue weighted by atomic mass is 32.2. The standard InChI is InChI=1S/C20H18N4O5S/c1-25-13-7-9-14(10-8-13)27-11-17-21-24-20(29-17)30-12-18-22-23-19(28-18)15-5-3-4-6-16(15)26-2/h3-10H,11-12H2,1-2H3. The predicted molar refractivity (Wildman–Crippen MR) is 107 cm³/mol. The minimum atomic E-state index is 0.165. The lowest BCUT2D eigenvalue weighted by Crippen LogP contribution is -1.95. The number of aromatic nitrogens is 4. The van der Waals surface area contributed by atoms with Gasteiger partial charge in [-0.25, -0.2) is 0 Å². The Hall–Kier alpha value is -3.53. The van der Waals surface area contributed by atoms with Gasteiger partial charge in [-0.3, -0.25) is 0 Å². The summed E-state index contributed by atoms with van der Waals surface area (Å²) in [7, 11) is 3.21. The van der Waals surface area contributed by atoms with E-state index < -0.39 is 0 Å². The van der Waals surface area contributed by atoms with Crippen molar-refractivity contribution in [2.75, 3.05) is 14.2 Å². The van der Waals surface area contributed by atoms with E-state index in [2.05, 4.69) is 20.4 Å². The van der Waals surface area contributed by atoms with Crippen molar-refractivity contribution in [1.29, 1.82) is 0 Å². The Morgan fingerprint density at radius 1 is 0.800 bits per heavy atom. The molecule has 0 fully saturated rings. The summed E-state index contributed by atoms with van der Waals surface area (Å²) in [6, 6.07) is 14.7. The second-order valence-corrected chi connectivity index (χ2v) is 6.84. The molecule has 0 saturated heterocycles. The van der Waals surface area contributed by atoms with Gasteiger partial charge in [-0.1, -0.05) is 23.9 Å². The quantitative estimate of drug-likeness (QED) is 0.364. The molecule has 9 nitrogen and oxygen atoms in total. The fraction of sp³-hybridized carbons (Fsp3) is 0.200. The fourth-order valence-electron chi connectivity index (χ4n) is 2.54. The molecule has 2 heterocycles. The van der Waals surface area contributed by atoms with Crippen LogP contribution in [0.15, 0.2) is 62.6 Å². The lowest BCUT2D eigenvalue weighted by molar-refractivity contribution is 0.252. The van der Waals surface area contributed by atoms with Gasteiger partial charge < -0.3 is 23.0 Å². The zero-order valence-electron chi connectivity index (χ0n) is 16.3. The van der Waals surface area contributed by atoms with E-state index >= 15 is 0 Å². The zero-order chi connectivity index (χ0) is 20.8. The molecule has 0 amide bonds. The van der Waals surface area contributed by atoms with Gasteiger partial charge in [0.05, 0.1) is 25.5 Å². The third kappa shape index (κ3) is 4.71. The minimum Gasteiger partial charge on any atom is -0.497 e. The van der Waals surface area contributed by atoms with Crippen LogP contribution in [0.3, 0.4) is 0 Å². The van der Waals surface area contributed by atoms with Crippen LogP contribution in [0.4, 0.5) is 0 Å². The molecule has 2 aromatic carbocycles. The molecule has 154 valence electrons. The lowest BCUT2D eigenvalue weighted by Gasteiger charge is -2.04.